The smallest absolute Gasteiger partial charge is 0.260 e. The molecule has 0 radical (unpaired) electrons. The maximum absolute atomic E-state index is 13.5. The molecule has 1 aliphatic rings. The number of aromatic nitrogens is 1. The Hall–Kier alpha value is -1.85. The van der Waals surface area contributed by atoms with Crippen LogP contribution in [0.25, 0.3) is 10.2 Å². The average Bonchev–Trinajstić information content (AvgIpc) is 3.02. The van der Waals surface area contributed by atoms with E-state index in [2.05, 4.69) is 20.9 Å². The number of hydrogen-bond donors (Lipinski definition) is 0. The first kappa shape index (κ1) is 25.2. The lowest BCUT2D eigenvalue weighted by atomic mass is 10.2. The quantitative estimate of drug-likeness (QED) is 0.410. The molecule has 0 saturated carbocycles. The first-order valence-corrected chi connectivity index (χ1v) is 14.4. The van der Waals surface area contributed by atoms with E-state index in [1.54, 1.807) is 33.5 Å². The van der Waals surface area contributed by atoms with Crippen LogP contribution in [0.2, 0.25) is 0 Å². The Labute approximate surface area is 213 Å². The van der Waals surface area contributed by atoms with E-state index in [1.165, 1.54) is 11.3 Å². The Kier molecular flexibility index (Phi) is 8.04. The fraction of sp³-hybridized carbons (Fsp3) is 0.417. The molecule has 1 aromatic heterocycles. The molecule has 3 aromatic rings. The molecule has 7 nitrogen and oxygen atoms in total. The highest BCUT2D eigenvalue weighted by Crippen LogP contribution is 2.32. The number of anilines is 1. The molecule has 0 unspecified atom stereocenters. The molecule has 1 saturated heterocycles. The van der Waals surface area contributed by atoms with E-state index in [-0.39, 0.29) is 10.8 Å². The highest BCUT2D eigenvalue weighted by Gasteiger charge is 2.26. The molecule has 182 valence electrons. The van der Waals surface area contributed by atoms with Crippen molar-refractivity contribution in [3.63, 3.8) is 0 Å². The number of carbonyl (C=O) groups is 1. The largest absolute Gasteiger partial charge is 0.308 e. The summed E-state index contributed by atoms with van der Waals surface area (Å²) in [6.07, 6.45) is 3.89. The van der Waals surface area contributed by atoms with Crippen LogP contribution in [-0.4, -0.2) is 68.8 Å². The molecule has 1 amide bonds. The van der Waals surface area contributed by atoms with Crippen LogP contribution < -0.4 is 4.90 Å². The SMILES string of the molecule is CN(C)CCN(C(=O)c1ccc(S(=O)(=O)N2CCCCCC2)cc1)c1nc2ccc(Br)cc2s1. The second-order valence-corrected chi connectivity index (χ2v) is 12.6. The van der Waals surface area contributed by atoms with Gasteiger partial charge in [0, 0.05) is 36.2 Å². The lowest BCUT2D eigenvalue weighted by molar-refractivity contribution is 0.0985. The standard InChI is InChI=1S/C24H29BrN4O3S2/c1-27(2)15-16-29(24-26-21-12-9-19(25)17-22(21)33-24)23(30)18-7-10-20(11-8-18)34(31,32)28-13-5-3-4-6-14-28/h7-12,17H,3-6,13-16H2,1-2H3. The van der Waals surface area contributed by atoms with E-state index < -0.39 is 10.0 Å². The van der Waals surface area contributed by atoms with Gasteiger partial charge in [0.25, 0.3) is 5.91 Å². The van der Waals surface area contributed by atoms with Crippen LogP contribution >= 0.6 is 27.3 Å². The van der Waals surface area contributed by atoms with E-state index in [9.17, 15) is 13.2 Å². The van der Waals surface area contributed by atoms with Crippen LogP contribution in [-0.2, 0) is 10.0 Å². The summed E-state index contributed by atoms with van der Waals surface area (Å²) >= 11 is 4.95. The van der Waals surface area contributed by atoms with E-state index in [0.29, 0.717) is 36.9 Å². The minimum atomic E-state index is -3.56. The zero-order valence-electron chi connectivity index (χ0n) is 19.4. The van der Waals surface area contributed by atoms with Gasteiger partial charge in [0.05, 0.1) is 15.1 Å². The van der Waals surface area contributed by atoms with Crippen LogP contribution in [0.3, 0.4) is 0 Å². The summed E-state index contributed by atoms with van der Waals surface area (Å²) in [6.45, 7) is 2.25. The Bertz CT molecular complexity index is 1250. The molecule has 2 heterocycles. The number of rotatable bonds is 7. The number of halogens is 1. The van der Waals surface area contributed by atoms with Crippen LogP contribution in [0, 0.1) is 0 Å². The summed E-state index contributed by atoms with van der Waals surface area (Å²) in [6, 6.07) is 12.2. The van der Waals surface area contributed by atoms with E-state index in [1.807, 2.05) is 37.2 Å². The van der Waals surface area contributed by atoms with Gasteiger partial charge < -0.3 is 4.90 Å². The number of amides is 1. The fourth-order valence-corrected chi connectivity index (χ4v) is 7.00. The zero-order valence-corrected chi connectivity index (χ0v) is 22.6. The highest BCUT2D eigenvalue weighted by atomic mass is 79.9. The molecular weight excluding hydrogens is 536 g/mol. The number of fused-ring (bicyclic) bond motifs is 1. The molecule has 1 fully saturated rings. The van der Waals surface area contributed by atoms with Gasteiger partial charge >= 0.3 is 0 Å². The lowest BCUT2D eigenvalue weighted by Gasteiger charge is -2.22. The number of thiazole rings is 1. The number of likely N-dealkylation sites (N-methyl/N-ethyl adjacent to an activating group) is 1. The molecule has 0 N–H and O–H groups in total. The van der Waals surface area contributed by atoms with Gasteiger partial charge in [-0.15, -0.1) is 0 Å². The predicted octanol–water partition coefficient (Wildman–Crippen LogP) is 4.83. The monoisotopic (exact) mass is 564 g/mol. The van der Waals surface area contributed by atoms with Crippen molar-refractivity contribution >= 4 is 58.5 Å². The number of sulfonamides is 1. The Morgan fingerprint density at radius 1 is 1.03 bits per heavy atom. The zero-order chi connectivity index (χ0) is 24.3. The van der Waals surface area contributed by atoms with Gasteiger partial charge in [-0.05, 0) is 69.4 Å². The topological polar surface area (TPSA) is 73.8 Å². The third-order valence-electron chi connectivity index (χ3n) is 5.89. The molecule has 0 spiro atoms. The Balaban J connectivity index is 1.60. The summed E-state index contributed by atoms with van der Waals surface area (Å²) in [7, 11) is 0.362. The number of hydrogen-bond acceptors (Lipinski definition) is 6. The molecule has 10 heteroatoms. The third-order valence-corrected chi connectivity index (χ3v) is 9.34. The number of benzene rings is 2. The van der Waals surface area contributed by atoms with Gasteiger partial charge in [-0.2, -0.15) is 4.31 Å². The van der Waals surface area contributed by atoms with Crippen molar-refractivity contribution in [2.75, 3.05) is 45.2 Å². The van der Waals surface area contributed by atoms with Gasteiger partial charge in [0.15, 0.2) is 5.13 Å². The molecule has 0 bridgehead atoms. The first-order valence-electron chi connectivity index (χ1n) is 11.4. The summed E-state index contributed by atoms with van der Waals surface area (Å²) in [5.41, 5.74) is 1.28. The minimum Gasteiger partial charge on any atom is -0.308 e. The maximum Gasteiger partial charge on any atom is 0.260 e. The lowest BCUT2D eigenvalue weighted by Crippen LogP contribution is -2.36. The van der Waals surface area contributed by atoms with Crippen LogP contribution in [0.5, 0.6) is 0 Å². The van der Waals surface area contributed by atoms with Crippen molar-refractivity contribution in [3.8, 4) is 0 Å². The van der Waals surface area contributed by atoms with E-state index in [0.717, 1.165) is 40.4 Å². The molecule has 4 rings (SSSR count). The van der Waals surface area contributed by atoms with Crippen LogP contribution in [0.4, 0.5) is 5.13 Å². The van der Waals surface area contributed by atoms with Crippen LogP contribution in [0.15, 0.2) is 51.8 Å². The Morgan fingerprint density at radius 3 is 2.35 bits per heavy atom. The van der Waals surface area contributed by atoms with Crippen molar-refractivity contribution in [2.45, 2.75) is 30.6 Å². The number of carbonyl (C=O) groups excluding carboxylic acids is 1. The van der Waals surface area contributed by atoms with Gasteiger partial charge in [0.2, 0.25) is 10.0 Å². The second kappa shape index (κ2) is 10.8. The second-order valence-electron chi connectivity index (χ2n) is 8.71. The normalized spacial score (nSPS) is 15.5. The average molecular weight is 566 g/mol. The summed E-state index contributed by atoms with van der Waals surface area (Å²) in [4.78, 5) is 22.1. The molecule has 2 aromatic carbocycles. The van der Waals surface area contributed by atoms with E-state index in [4.69, 9.17) is 0 Å². The minimum absolute atomic E-state index is 0.196. The van der Waals surface area contributed by atoms with Gasteiger partial charge in [-0.25, -0.2) is 13.4 Å². The molecule has 0 atom stereocenters. The fourth-order valence-electron chi connectivity index (χ4n) is 3.94. The summed E-state index contributed by atoms with van der Waals surface area (Å²) < 4.78 is 29.7. The molecule has 1 aliphatic heterocycles. The Morgan fingerprint density at radius 2 is 1.71 bits per heavy atom. The molecular formula is C24H29BrN4O3S2. The van der Waals surface area contributed by atoms with E-state index >= 15 is 0 Å². The number of nitrogens with zero attached hydrogens (tertiary/aromatic N) is 4. The molecule has 34 heavy (non-hydrogen) atoms. The maximum atomic E-state index is 13.5. The van der Waals surface area contributed by atoms with Gasteiger partial charge in [-0.1, -0.05) is 40.1 Å². The van der Waals surface area contributed by atoms with Crippen molar-refractivity contribution in [2.24, 2.45) is 0 Å². The molecule has 0 aliphatic carbocycles. The van der Waals surface area contributed by atoms with Crippen molar-refractivity contribution in [3.05, 3.63) is 52.5 Å². The van der Waals surface area contributed by atoms with Crippen molar-refractivity contribution < 1.29 is 13.2 Å². The van der Waals surface area contributed by atoms with Gasteiger partial charge in [0.1, 0.15) is 0 Å². The third kappa shape index (κ3) is 5.68. The summed E-state index contributed by atoms with van der Waals surface area (Å²) in [5.74, 6) is -0.196. The summed E-state index contributed by atoms with van der Waals surface area (Å²) in [5, 5.41) is 0.626. The first-order chi connectivity index (χ1) is 16.3. The van der Waals surface area contributed by atoms with Gasteiger partial charge in [-0.3, -0.25) is 9.69 Å². The van der Waals surface area contributed by atoms with Crippen LogP contribution in [0.1, 0.15) is 36.0 Å². The van der Waals surface area contributed by atoms with Crippen molar-refractivity contribution in [1.29, 1.82) is 0 Å². The highest BCUT2D eigenvalue weighted by molar-refractivity contribution is 9.10. The van der Waals surface area contributed by atoms with Crippen molar-refractivity contribution in [1.82, 2.24) is 14.2 Å². The predicted molar refractivity (Wildman–Crippen MR) is 141 cm³/mol.